The van der Waals surface area contributed by atoms with Gasteiger partial charge in [0.15, 0.2) is 5.60 Å². The molecule has 0 radical (unpaired) electrons. The predicted molar refractivity (Wildman–Crippen MR) is 62.1 cm³/mol. The lowest BCUT2D eigenvalue weighted by atomic mass is 9.93. The number of hydrogen-bond donors (Lipinski definition) is 1. The first-order valence-electron chi connectivity index (χ1n) is 6.02. The van der Waals surface area contributed by atoms with Crippen molar-refractivity contribution < 1.29 is 14.6 Å². The van der Waals surface area contributed by atoms with Crippen LogP contribution in [0.1, 0.15) is 33.1 Å². The van der Waals surface area contributed by atoms with Gasteiger partial charge < -0.3 is 9.84 Å². The summed E-state index contributed by atoms with van der Waals surface area (Å²) in [5.74, 6) is 0.254. The number of esters is 1. The first-order chi connectivity index (χ1) is 7.49. The average Bonchev–Trinajstić information content (AvgIpc) is 2.28. The molecule has 94 valence electrons. The van der Waals surface area contributed by atoms with Crippen LogP contribution in [0.25, 0.3) is 0 Å². The number of methoxy groups -OCH3 is 1. The zero-order chi connectivity index (χ0) is 12.2. The zero-order valence-corrected chi connectivity index (χ0v) is 10.5. The van der Waals surface area contributed by atoms with Gasteiger partial charge >= 0.3 is 5.97 Å². The van der Waals surface area contributed by atoms with Crippen LogP contribution in [0.5, 0.6) is 0 Å². The van der Waals surface area contributed by atoms with E-state index in [0.29, 0.717) is 6.54 Å². The summed E-state index contributed by atoms with van der Waals surface area (Å²) in [7, 11) is 1.31. The van der Waals surface area contributed by atoms with Crippen molar-refractivity contribution in [3.63, 3.8) is 0 Å². The highest BCUT2D eigenvalue weighted by Crippen LogP contribution is 2.21. The normalized spacial score (nSPS) is 22.8. The molecule has 0 aromatic carbocycles. The molecule has 1 fully saturated rings. The molecule has 1 aliphatic rings. The quantitative estimate of drug-likeness (QED) is 0.732. The number of rotatable bonds is 4. The molecule has 1 aliphatic heterocycles. The molecule has 0 amide bonds. The van der Waals surface area contributed by atoms with Gasteiger partial charge in [-0.3, -0.25) is 4.90 Å². The third kappa shape index (κ3) is 3.46. The highest BCUT2D eigenvalue weighted by Gasteiger charge is 2.34. The Morgan fingerprint density at radius 3 is 2.50 bits per heavy atom. The van der Waals surface area contributed by atoms with Crippen LogP contribution >= 0.6 is 0 Å². The van der Waals surface area contributed by atoms with E-state index in [1.807, 2.05) is 0 Å². The highest BCUT2D eigenvalue weighted by atomic mass is 16.5. The van der Waals surface area contributed by atoms with Gasteiger partial charge in [-0.2, -0.15) is 0 Å². The van der Waals surface area contributed by atoms with E-state index < -0.39 is 11.6 Å². The van der Waals surface area contributed by atoms with Crippen molar-refractivity contribution in [2.24, 2.45) is 5.92 Å². The second-order valence-corrected chi connectivity index (χ2v) is 4.89. The number of nitrogens with zero attached hydrogens (tertiary/aromatic N) is 1. The Kier molecular flexibility index (Phi) is 4.74. The van der Waals surface area contributed by atoms with E-state index in [1.54, 1.807) is 0 Å². The molecule has 4 nitrogen and oxygen atoms in total. The fraction of sp³-hybridized carbons (Fsp3) is 0.917. The summed E-state index contributed by atoms with van der Waals surface area (Å²) in [5.41, 5.74) is -1.38. The van der Waals surface area contributed by atoms with Crippen LogP contribution < -0.4 is 0 Å². The number of likely N-dealkylation sites (tertiary alicyclic amines) is 1. The molecule has 1 unspecified atom stereocenters. The smallest absolute Gasteiger partial charge is 0.338 e. The van der Waals surface area contributed by atoms with Gasteiger partial charge in [-0.25, -0.2) is 4.79 Å². The van der Waals surface area contributed by atoms with Crippen molar-refractivity contribution in [2.75, 3.05) is 26.7 Å². The summed E-state index contributed by atoms with van der Waals surface area (Å²) in [5, 5.41) is 9.94. The Balaban J connectivity index is 2.41. The number of aliphatic hydroxyl groups is 1. The van der Waals surface area contributed by atoms with Gasteiger partial charge in [-0.15, -0.1) is 0 Å². The number of β-amino-alcohol motifs (C(OH)–C–C–N with tert-alkyl or cyclic N) is 1. The van der Waals surface area contributed by atoms with Crippen molar-refractivity contribution in [2.45, 2.75) is 38.7 Å². The molecule has 1 rings (SSSR count). The Morgan fingerprint density at radius 1 is 1.50 bits per heavy atom. The molecule has 1 atom stereocenters. The fourth-order valence-corrected chi connectivity index (χ4v) is 2.27. The minimum atomic E-state index is -1.38. The lowest BCUT2D eigenvalue weighted by Gasteiger charge is -2.35. The van der Waals surface area contributed by atoms with Crippen LogP contribution in [0.15, 0.2) is 0 Å². The van der Waals surface area contributed by atoms with Gasteiger partial charge in [-0.1, -0.05) is 13.3 Å². The molecule has 16 heavy (non-hydrogen) atoms. The summed E-state index contributed by atoms with van der Waals surface area (Å²) >= 11 is 0. The average molecular weight is 229 g/mol. The molecule has 0 aromatic rings. The molecule has 0 saturated carbocycles. The van der Waals surface area contributed by atoms with Crippen LogP contribution in [0.4, 0.5) is 0 Å². The van der Waals surface area contributed by atoms with E-state index in [2.05, 4.69) is 16.6 Å². The summed E-state index contributed by atoms with van der Waals surface area (Å²) in [4.78, 5) is 13.5. The van der Waals surface area contributed by atoms with E-state index in [4.69, 9.17) is 0 Å². The van der Waals surface area contributed by atoms with Crippen molar-refractivity contribution >= 4 is 5.97 Å². The highest BCUT2D eigenvalue weighted by molar-refractivity contribution is 5.78. The minimum Gasteiger partial charge on any atom is -0.467 e. The summed E-state index contributed by atoms with van der Waals surface area (Å²) < 4.78 is 4.58. The molecular formula is C12H23NO3. The number of carbonyl (C=O) groups is 1. The molecule has 1 N–H and O–H groups in total. The fourth-order valence-electron chi connectivity index (χ4n) is 2.27. The first-order valence-corrected chi connectivity index (χ1v) is 6.02. The van der Waals surface area contributed by atoms with Crippen LogP contribution in [0, 0.1) is 5.92 Å². The largest absolute Gasteiger partial charge is 0.467 e. The SMILES string of the molecule is CCC1CCN(CC(C)(O)C(=O)OC)CC1. The molecule has 1 heterocycles. The van der Waals surface area contributed by atoms with E-state index in [0.717, 1.165) is 31.8 Å². The lowest BCUT2D eigenvalue weighted by molar-refractivity contribution is -0.162. The molecule has 0 aliphatic carbocycles. The summed E-state index contributed by atoms with van der Waals surface area (Å²) in [6.45, 7) is 6.03. The lowest BCUT2D eigenvalue weighted by Crippen LogP contribution is -2.49. The van der Waals surface area contributed by atoms with Gasteiger partial charge in [-0.05, 0) is 38.8 Å². The maximum absolute atomic E-state index is 11.3. The second kappa shape index (κ2) is 5.64. The molecule has 0 bridgehead atoms. The topological polar surface area (TPSA) is 49.8 Å². The van der Waals surface area contributed by atoms with Crippen molar-refractivity contribution in [1.29, 1.82) is 0 Å². The van der Waals surface area contributed by atoms with Gasteiger partial charge in [0.1, 0.15) is 0 Å². The number of piperidine rings is 1. The monoisotopic (exact) mass is 229 g/mol. The zero-order valence-electron chi connectivity index (χ0n) is 10.5. The van der Waals surface area contributed by atoms with Gasteiger partial charge in [0.25, 0.3) is 0 Å². The molecule has 1 saturated heterocycles. The number of carbonyl (C=O) groups excluding carboxylic acids is 1. The maximum atomic E-state index is 11.3. The van der Waals surface area contributed by atoms with Crippen molar-refractivity contribution in [3.05, 3.63) is 0 Å². The minimum absolute atomic E-state index is 0.371. The maximum Gasteiger partial charge on any atom is 0.338 e. The van der Waals surface area contributed by atoms with E-state index in [-0.39, 0.29) is 0 Å². The number of ether oxygens (including phenoxy) is 1. The second-order valence-electron chi connectivity index (χ2n) is 4.89. The van der Waals surface area contributed by atoms with Crippen LogP contribution in [0.2, 0.25) is 0 Å². The van der Waals surface area contributed by atoms with Crippen LogP contribution in [0.3, 0.4) is 0 Å². The Hall–Kier alpha value is -0.610. The van der Waals surface area contributed by atoms with Gasteiger partial charge in [0, 0.05) is 6.54 Å². The van der Waals surface area contributed by atoms with Crippen molar-refractivity contribution in [3.8, 4) is 0 Å². The third-order valence-electron chi connectivity index (χ3n) is 3.44. The molecule has 4 heteroatoms. The van der Waals surface area contributed by atoms with Gasteiger partial charge in [0.05, 0.1) is 7.11 Å². The number of hydrogen-bond acceptors (Lipinski definition) is 4. The van der Waals surface area contributed by atoms with Gasteiger partial charge in [0.2, 0.25) is 0 Å². The molecule has 0 aromatic heterocycles. The Labute approximate surface area is 97.6 Å². The Bertz CT molecular complexity index is 232. The first kappa shape index (κ1) is 13.5. The Morgan fingerprint density at radius 2 is 2.06 bits per heavy atom. The summed E-state index contributed by atoms with van der Waals surface area (Å²) in [6, 6.07) is 0. The van der Waals surface area contributed by atoms with Crippen LogP contribution in [-0.2, 0) is 9.53 Å². The van der Waals surface area contributed by atoms with E-state index >= 15 is 0 Å². The predicted octanol–water partition coefficient (Wildman–Crippen LogP) is 1.03. The van der Waals surface area contributed by atoms with Crippen molar-refractivity contribution in [1.82, 2.24) is 4.90 Å². The van der Waals surface area contributed by atoms with Crippen LogP contribution in [-0.4, -0.2) is 48.3 Å². The molecular weight excluding hydrogens is 206 g/mol. The summed E-state index contributed by atoms with van der Waals surface area (Å²) in [6.07, 6.45) is 3.54. The third-order valence-corrected chi connectivity index (χ3v) is 3.44. The molecule has 0 spiro atoms. The van der Waals surface area contributed by atoms with E-state index in [1.165, 1.54) is 20.5 Å². The standard InChI is InChI=1S/C12H23NO3/c1-4-10-5-7-13(8-6-10)9-12(2,15)11(14)16-3/h10,15H,4-9H2,1-3H3. The van der Waals surface area contributed by atoms with E-state index in [9.17, 15) is 9.90 Å².